The Morgan fingerprint density at radius 1 is 0.643 bits per heavy atom. The number of aromatic nitrogens is 2. The SMILES string of the molecule is C(=C\c1ccncc1)/c1ccncc1.O=C(O)CCCCCCCCC(=O)O. The molecule has 150 valence electrons. The van der Waals surface area contributed by atoms with E-state index in [1.165, 1.54) is 0 Å². The second-order valence-electron chi connectivity index (χ2n) is 6.30. The molecular weight excluding hydrogens is 356 g/mol. The third-order valence-electron chi connectivity index (χ3n) is 3.91. The molecule has 0 fully saturated rings. The lowest BCUT2D eigenvalue weighted by Crippen LogP contribution is -1.94. The highest BCUT2D eigenvalue weighted by atomic mass is 16.4. The minimum Gasteiger partial charge on any atom is -0.481 e. The van der Waals surface area contributed by atoms with Gasteiger partial charge in [0, 0.05) is 37.6 Å². The Morgan fingerprint density at radius 3 is 1.29 bits per heavy atom. The quantitative estimate of drug-likeness (QED) is 0.533. The van der Waals surface area contributed by atoms with E-state index < -0.39 is 11.9 Å². The van der Waals surface area contributed by atoms with Crippen molar-refractivity contribution in [1.82, 2.24) is 9.97 Å². The van der Waals surface area contributed by atoms with Crippen molar-refractivity contribution in [3.05, 3.63) is 60.2 Å². The second kappa shape index (κ2) is 15.1. The summed E-state index contributed by atoms with van der Waals surface area (Å²) in [6.07, 6.45) is 17.1. The lowest BCUT2D eigenvalue weighted by molar-refractivity contribution is -0.138. The molecule has 0 bridgehead atoms. The van der Waals surface area contributed by atoms with Gasteiger partial charge in [-0.25, -0.2) is 0 Å². The third-order valence-corrected chi connectivity index (χ3v) is 3.91. The number of carbonyl (C=O) groups is 2. The van der Waals surface area contributed by atoms with Gasteiger partial charge in [-0.05, 0) is 48.2 Å². The van der Waals surface area contributed by atoms with Crippen LogP contribution in [0.25, 0.3) is 12.2 Å². The summed E-state index contributed by atoms with van der Waals surface area (Å²) in [6.45, 7) is 0. The van der Waals surface area contributed by atoms with Gasteiger partial charge in [0.05, 0.1) is 0 Å². The van der Waals surface area contributed by atoms with Gasteiger partial charge in [0.15, 0.2) is 0 Å². The van der Waals surface area contributed by atoms with Gasteiger partial charge in [-0.3, -0.25) is 19.6 Å². The molecule has 0 aliphatic rings. The number of unbranched alkanes of at least 4 members (excludes halogenated alkanes) is 5. The van der Waals surface area contributed by atoms with Gasteiger partial charge in [-0.15, -0.1) is 0 Å². The Labute approximate surface area is 166 Å². The van der Waals surface area contributed by atoms with E-state index >= 15 is 0 Å². The van der Waals surface area contributed by atoms with Gasteiger partial charge in [0.2, 0.25) is 0 Å². The van der Waals surface area contributed by atoms with Crippen molar-refractivity contribution < 1.29 is 19.8 Å². The molecule has 0 atom stereocenters. The van der Waals surface area contributed by atoms with Gasteiger partial charge in [0.1, 0.15) is 0 Å². The largest absolute Gasteiger partial charge is 0.481 e. The summed E-state index contributed by atoms with van der Waals surface area (Å²) in [7, 11) is 0. The zero-order valence-electron chi connectivity index (χ0n) is 16.0. The van der Waals surface area contributed by atoms with Crippen molar-refractivity contribution in [2.24, 2.45) is 0 Å². The van der Waals surface area contributed by atoms with Crippen molar-refractivity contribution in [3.8, 4) is 0 Å². The van der Waals surface area contributed by atoms with Crippen molar-refractivity contribution in [1.29, 1.82) is 0 Å². The maximum absolute atomic E-state index is 10.1. The van der Waals surface area contributed by atoms with Crippen LogP contribution in [0, 0.1) is 0 Å². The standard InChI is InChI=1S/C12H10N2.C10H18O4/c1(11-3-7-13-8-4-11)2-12-5-9-14-10-6-12;11-9(12)7-5-3-1-2-4-6-8-10(13)14/h1-10H;1-8H2,(H,11,12)(H,13,14)/b2-1+;. The third kappa shape index (κ3) is 13.2. The minimum absolute atomic E-state index is 0.245. The van der Waals surface area contributed by atoms with E-state index in [4.69, 9.17) is 10.2 Å². The van der Waals surface area contributed by atoms with Crippen molar-refractivity contribution in [2.75, 3.05) is 0 Å². The molecule has 6 heteroatoms. The summed E-state index contributed by atoms with van der Waals surface area (Å²) >= 11 is 0. The number of rotatable bonds is 11. The zero-order chi connectivity index (χ0) is 20.5. The molecule has 2 rings (SSSR count). The van der Waals surface area contributed by atoms with E-state index in [-0.39, 0.29) is 12.8 Å². The van der Waals surface area contributed by atoms with E-state index in [9.17, 15) is 9.59 Å². The van der Waals surface area contributed by atoms with Crippen LogP contribution in [0.3, 0.4) is 0 Å². The van der Waals surface area contributed by atoms with Crippen molar-refractivity contribution in [3.63, 3.8) is 0 Å². The van der Waals surface area contributed by atoms with E-state index in [1.54, 1.807) is 24.8 Å². The Hall–Kier alpha value is -3.02. The van der Waals surface area contributed by atoms with Crippen LogP contribution < -0.4 is 0 Å². The Balaban J connectivity index is 0.000000280. The highest BCUT2D eigenvalue weighted by Gasteiger charge is 1.98. The maximum Gasteiger partial charge on any atom is 0.303 e. The topological polar surface area (TPSA) is 100 Å². The highest BCUT2D eigenvalue weighted by molar-refractivity contribution is 5.69. The molecule has 28 heavy (non-hydrogen) atoms. The van der Waals surface area contributed by atoms with Gasteiger partial charge in [-0.1, -0.05) is 37.8 Å². The fourth-order valence-corrected chi connectivity index (χ4v) is 2.40. The summed E-state index contributed by atoms with van der Waals surface area (Å²) < 4.78 is 0. The summed E-state index contributed by atoms with van der Waals surface area (Å²) in [5.41, 5.74) is 2.30. The van der Waals surface area contributed by atoms with Crippen LogP contribution in [0.5, 0.6) is 0 Å². The van der Waals surface area contributed by atoms with Gasteiger partial charge in [0.25, 0.3) is 0 Å². The van der Waals surface area contributed by atoms with Gasteiger partial charge in [-0.2, -0.15) is 0 Å². The molecule has 0 spiro atoms. The van der Waals surface area contributed by atoms with Crippen LogP contribution in [0.15, 0.2) is 49.1 Å². The van der Waals surface area contributed by atoms with Gasteiger partial charge >= 0.3 is 11.9 Å². The number of aliphatic carboxylic acids is 2. The van der Waals surface area contributed by atoms with E-state index in [0.29, 0.717) is 0 Å². The zero-order valence-corrected chi connectivity index (χ0v) is 16.0. The molecule has 2 heterocycles. The van der Waals surface area contributed by atoms with Crippen LogP contribution in [0.2, 0.25) is 0 Å². The second-order valence-corrected chi connectivity index (χ2v) is 6.30. The number of nitrogens with zero attached hydrogens (tertiary/aromatic N) is 2. The number of hydrogen-bond acceptors (Lipinski definition) is 4. The first kappa shape index (κ1) is 23.0. The number of carboxylic acid groups (broad SMARTS) is 2. The normalized spacial score (nSPS) is 10.3. The average molecular weight is 384 g/mol. The molecule has 0 aliphatic heterocycles. The number of pyridine rings is 2. The Kier molecular flexibility index (Phi) is 12.4. The molecule has 0 amide bonds. The lowest BCUT2D eigenvalue weighted by atomic mass is 10.1. The molecule has 0 radical (unpaired) electrons. The van der Waals surface area contributed by atoms with Crippen LogP contribution in [-0.4, -0.2) is 32.1 Å². The van der Waals surface area contributed by atoms with Crippen LogP contribution in [0.1, 0.15) is 62.5 Å². The molecule has 0 aliphatic carbocycles. The molecule has 2 aromatic heterocycles. The Morgan fingerprint density at radius 2 is 0.964 bits per heavy atom. The van der Waals surface area contributed by atoms with E-state index in [0.717, 1.165) is 49.7 Å². The summed E-state index contributed by atoms with van der Waals surface area (Å²) in [5.74, 6) is -1.48. The first-order valence-electron chi connectivity index (χ1n) is 9.49. The summed E-state index contributed by atoms with van der Waals surface area (Å²) in [6, 6.07) is 7.88. The first-order valence-corrected chi connectivity index (χ1v) is 9.49. The van der Waals surface area contributed by atoms with Gasteiger partial charge < -0.3 is 10.2 Å². The van der Waals surface area contributed by atoms with Crippen LogP contribution in [0.4, 0.5) is 0 Å². The minimum atomic E-state index is -0.740. The Bertz CT molecular complexity index is 641. The lowest BCUT2D eigenvalue weighted by Gasteiger charge is -1.98. The molecule has 2 aromatic rings. The number of hydrogen-bond donors (Lipinski definition) is 2. The molecular formula is C22H28N2O4. The van der Waals surface area contributed by atoms with Crippen molar-refractivity contribution >= 4 is 24.1 Å². The molecule has 2 N–H and O–H groups in total. The van der Waals surface area contributed by atoms with Crippen LogP contribution >= 0.6 is 0 Å². The van der Waals surface area contributed by atoms with E-state index in [2.05, 4.69) is 22.1 Å². The molecule has 0 unspecified atom stereocenters. The molecule has 0 saturated carbocycles. The average Bonchev–Trinajstić information content (AvgIpc) is 2.70. The fraction of sp³-hybridized carbons (Fsp3) is 0.364. The summed E-state index contributed by atoms with van der Waals surface area (Å²) in [4.78, 5) is 28.2. The fourth-order valence-electron chi connectivity index (χ4n) is 2.40. The molecule has 0 aromatic carbocycles. The predicted octanol–water partition coefficient (Wildman–Crippen LogP) is 4.92. The summed E-state index contributed by atoms with van der Waals surface area (Å²) in [5, 5.41) is 16.7. The monoisotopic (exact) mass is 384 g/mol. The van der Waals surface area contributed by atoms with Crippen LogP contribution in [-0.2, 0) is 9.59 Å². The molecule has 0 saturated heterocycles. The van der Waals surface area contributed by atoms with E-state index in [1.807, 2.05) is 24.3 Å². The predicted molar refractivity (Wildman–Crippen MR) is 110 cm³/mol. The highest BCUT2D eigenvalue weighted by Crippen LogP contribution is 2.08. The van der Waals surface area contributed by atoms with Crippen molar-refractivity contribution in [2.45, 2.75) is 51.4 Å². The maximum atomic E-state index is 10.1. The molecule has 6 nitrogen and oxygen atoms in total. The smallest absolute Gasteiger partial charge is 0.303 e. The number of carboxylic acids is 2. The first-order chi connectivity index (χ1) is 13.6.